The van der Waals surface area contributed by atoms with Crippen molar-refractivity contribution >= 4 is 53.2 Å². The number of carbonyl (C=O) groups excluding carboxylic acids is 7. The van der Waals surface area contributed by atoms with E-state index < -0.39 is 29.6 Å². The van der Waals surface area contributed by atoms with Crippen LogP contribution in [0.15, 0.2) is 59.8 Å². The summed E-state index contributed by atoms with van der Waals surface area (Å²) in [7, 11) is 0. The number of rotatable bonds is 24. The maximum atomic E-state index is 13.3. The van der Waals surface area contributed by atoms with Crippen molar-refractivity contribution in [2.24, 2.45) is 11.3 Å². The number of carbonyl (C=O) groups is 7. The summed E-state index contributed by atoms with van der Waals surface area (Å²) in [6.45, 7) is 14.1. The average Bonchev–Trinajstić information content (AvgIpc) is 3.47. The molecular weight excluding hydrogens is 785 g/mol. The number of thioether (sulfide) groups is 1. The largest absolute Gasteiger partial charge is 0.458 e. The van der Waals surface area contributed by atoms with Gasteiger partial charge in [0.15, 0.2) is 5.78 Å². The van der Waals surface area contributed by atoms with Crippen LogP contribution in [0.2, 0.25) is 0 Å². The molecule has 0 aromatic carbocycles. The van der Waals surface area contributed by atoms with Crippen molar-refractivity contribution in [1.82, 2.24) is 20.9 Å². The summed E-state index contributed by atoms with van der Waals surface area (Å²) in [5.41, 5.74) is 1.04. The fourth-order valence-corrected chi connectivity index (χ4v) is 7.06. The van der Waals surface area contributed by atoms with Gasteiger partial charge in [0.25, 0.3) is 0 Å². The maximum absolute atomic E-state index is 13.3. The summed E-state index contributed by atoms with van der Waals surface area (Å²) in [5, 5.41) is 8.10. The molecule has 14 heteroatoms. The molecule has 5 atom stereocenters. The molecule has 0 aromatic heterocycles. The molecule has 0 aromatic rings. The fraction of sp³-hybridized carbons (Fsp3) is 0.587. The predicted octanol–water partition coefficient (Wildman–Crippen LogP) is 6.44. The lowest BCUT2D eigenvalue weighted by Gasteiger charge is -2.29. The number of ketones is 1. The van der Waals surface area contributed by atoms with Gasteiger partial charge in [0, 0.05) is 75.7 Å². The first-order chi connectivity index (χ1) is 28.5. The first-order valence-electron chi connectivity index (χ1n) is 20.8. The minimum atomic E-state index is -0.741. The van der Waals surface area contributed by atoms with Gasteiger partial charge < -0.3 is 25.4 Å². The van der Waals surface area contributed by atoms with Crippen LogP contribution in [0.25, 0.3) is 0 Å². The number of alkyl carbamates (subject to hydrolysis) is 1. The van der Waals surface area contributed by atoms with E-state index in [0.717, 1.165) is 12.0 Å². The summed E-state index contributed by atoms with van der Waals surface area (Å²) in [6.07, 6.45) is 19.0. The summed E-state index contributed by atoms with van der Waals surface area (Å²) >= 11 is 1.39. The highest BCUT2D eigenvalue weighted by Gasteiger charge is 2.37. The number of likely N-dealkylation sites (tertiary alicyclic amines) is 1. The first-order valence-corrected chi connectivity index (χ1v) is 22.1. The van der Waals surface area contributed by atoms with Gasteiger partial charge in [-0.1, -0.05) is 88.1 Å². The fourth-order valence-electron chi connectivity index (χ4n) is 6.42. The van der Waals surface area contributed by atoms with Gasteiger partial charge in [0.05, 0.1) is 11.3 Å². The minimum Gasteiger partial charge on any atom is -0.458 e. The predicted molar refractivity (Wildman–Crippen MR) is 235 cm³/mol. The molecule has 2 heterocycles. The second-order valence-corrected chi connectivity index (χ2v) is 17.2. The van der Waals surface area contributed by atoms with Gasteiger partial charge in [-0.2, -0.15) is 11.8 Å². The van der Waals surface area contributed by atoms with Crippen LogP contribution in [-0.2, 0) is 38.2 Å². The topological polar surface area (TPSA) is 177 Å². The standard InChI is InChI=1S/C46H66N4O9S/c1-9-10-20-35(58-45(57)48-28-18-27-47-39(52)23-12-11-17-29-50-41(54)31-38(60-8)43(50)55)21-14-15-22-36(51)42(46(5,6)7)49-40(53)24-16-13-19-32(2)30-34(4)37-26-25-33(3)44(56)59-37/h13-16,19,24-25,30,34-35,37-38,42H,11-12,17-18,20-23,26-29,31H2,1-8H3,(H,47,52)(H,48,57)(H,49,53)/b15-14-,19-13-,24-16-,32-30+/t34-,35-,37-,38?,42+/m0/s1. The van der Waals surface area contributed by atoms with Gasteiger partial charge in [-0.05, 0) is 51.7 Å². The van der Waals surface area contributed by atoms with E-state index in [4.69, 9.17) is 9.47 Å². The molecule has 3 N–H and O–H groups in total. The summed E-state index contributed by atoms with van der Waals surface area (Å²) in [5.74, 6) is 4.57. The Hall–Kier alpha value is -4.90. The number of nitrogens with one attached hydrogen (secondary N) is 3. The van der Waals surface area contributed by atoms with Gasteiger partial charge in [0.2, 0.25) is 23.6 Å². The Kier molecular flexibility index (Phi) is 23.1. The number of imide groups is 1. The van der Waals surface area contributed by atoms with Crippen LogP contribution in [0, 0.1) is 23.2 Å². The Bertz CT molecular complexity index is 1730. The molecule has 1 unspecified atom stereocenters. The molecule has 1 saturated heterocycles. The molecule has 0 saturated carbocycles. The third-order valence-corrected chi connectivity index (χ3v) is 10.9. The Balaban J connectivity index is 1.72. The van der Waals surface area contributed by atoms with Crippen LogP contribution in [0.5, 0.6) is 0 Å². The summed E-state index contributed by atoms with van der Waals surface area (Å²) < 4.78 is 11.1. The molecule has 2 aliphatic heterocycles. The third-order valence-electron chi connectivity index (χ3n) is 9.92. The van der Waals surface area contributed by atoms with Crippen LogP contribution in [0.4, 0.5) is 4.79 Å². The van der Waals surface area contributed by atoms with Gasteiger partial charge >= 0.3 is 12.1 Å². The second-order valence-electron chi connectivity index (χ2n) is 16.2. The maximum Gasteiger partial charge on any atom is 0.407 e. The van der Waals surface area contributed by atoms with E-state index >= 15 is 0 Å². The molecule has 0 radical (unpaired) electrons. The lowest BCUT2D eigenvalue weighted by atomic mass is 9.83. The van der Waals surface area contributed by atoms with Crippen LogP contribution in [-0.4, -0.2) is 95.8 Å². The number of ether oxygens (including phenoxy) is 2. The summed E-state index contributed by atoms with van der Waals surface area (Å²) in [6, 6.07) is -0.741. The number of esters is 1. The zero-order valence-electron chi connectivity index (χ0n) is 36.7. The van der Waals surface area contributed by atoms with Crippen molar-refractivity contribution in [3.63, 3.8) is 0 Å². The van der Waals surface area contributed by atoms with E-state index in [9.17, 15) is 33.6 Å². The highest BCUT2D eigenvalue weighted by molar-refractivity contribution is 8.00. The molecule has 0 spiro atoms. The number of allylic oxidation sites excluding steroid dienone is 5. The van der Waals surface area contributed by atoms with E-state index in [2.05, 4.69) is 27.8 Å². The van der Waals surface area contributed by atoms with Crippen molar-refractivity contribution in [1.29, 1.82) is 0 Å². The normalized spacial score (nSPS) is 18.8. The highest BCUT2D eigenvalue weighted by Crippen LogP contribution is 2.25. The molecule has 13 nitrogen and oxygen atoms in total. The van der Waals surface area contributed by atoms with E-state index in [1.54, 1.807) is 38.2 Å². The lowest BCUT2D eigenvalue weighted by Crippen LogP contribution is -2.48. The van der Waals surface area contributed by atoms with Crippen molar-refractivity contribution in [3.8, 4) is 11.8 Å². The third kappa shape index (κ3) is 19.4. The molecule has 0 aliphatic carbocycles. The van der Waals surface area contributed by atoms with E-state index in [0.29, 0.717) is 70.2 Å². The lowest BCUT2D eigenvalue weighted by molar-refractivity contribution is -0.147. The second kappa shape index (κ2) is 27.0. The van der Waals surface area contributed by atoms with Gasteiger partial charge in [-0.15, -0.1) is 5.92 Å². The molecule has 330 valence electrons. The number of amides is 5. The summed E-state index contributed by atoms with van der Waals surface area (Å²) in [4.78, 5) is 88.2. The molecule has 2 rings (SSSR count). The van der Waals surface area contributed by atoms with E-state index in [-0.39, 0.29) is 59.6 Å². The SMILES string of the molecule is CC#CC[C@@H](C/C=C\CC(=O)[C@@H](NC(=O)\C=C/C=C\C(C)=C\[C@H](C)[C@@H]1CC=C(C)C(=O)O1)C(C)(C)C)OC(=O)NCCCNC(=O)CCCCCN1C(=O)CC(SC)C1=O. The van der Waals surface area contributed by atoms with Crippen LogP contribution < -0.4 is 16.0 Å². The molecule has 1 fully saturated rings. The van der Waals surface area contributed by atoms with E-state index in [1.165, 1.54) is 22.7 Å². The van der Waals surface area contributed by atoms with Crippen molar-refractivity contribution in [2.45, 2.75) is 136 Å². The number of nitrogens with zero attached hydrogens (tertiary/aromatic N) is 1. The average molecular weight is 851 g/mol. The molecule has 2 aliphatic rings. The monoisotopic (exact) mass is 850 g/mol. The first kappa shape index (κ1) is 51.2. The Morgan fingerprint density at radius 2 is 1.75 bits per heavy atom. The zero-order chi connectivity index (χ0) is 44.7. The highest BCUT2D eigenvalue weighted by atomic mass is 32.2. The zero-order valence-corrected chi connectivity index (χ0v) is 37.5. The van der Waals surface area contributed by atoms with Crippen molar-refractivity contribution in [2.75, 3.05) is 25.9 Å². The Labute approximate surface area is 361 Å². The van der Waals surface area contributed by atoms with Gasteiger partial charge in [-0.25, -0.2) is 9.59 Å². The van der Waals surface area contributed by atoms with Crippen molar-refractivity contribution < 1.29 is 43.0 Å². The molecule has 0 bridgehead atoms. The number of cyclic esters (lactones) is 1. The molecular formula is C46H66N4O9S. The van der Waals surface area contributed by atoms with Gasteiger partial charge in [-0.3, -0.25) is 28.9 Å². The van der Waals surface area contributed by atoms with Gasteiger partial charge in [0.1, 0.15) is 12.2 Å². The Morgan fingerprint density at radius 1 is 1.03 bits per heavy atom. The smallest absolute Gasteiger partial charge is 0.407 e. The quantitative estimate of drug-likeness (QED) is 0.0186. The Morgan fingerprint density at radius 3 is 2.42 bits per heavy atom. The number of hydrogen-bond donors (Lipinski definition) is 3. The number of hydrogen-bond acceptors (Lipinski definition) is 10. The van der Waals surface area contributed by atoms with Crippen LogP contribution in [0.1, 0.15) is 113 Å². The molecule has 5 amide bonds. The van der Waals surface area contributed by atoms with E-state index in [1.807, 2.05) is 59.1 Å². The van der Waals surface area contributed by atoms with Crippen LogP contribution >= 0.6 is 11.8 Å². The molecule has 60 heavy (non-hydrogen) atoms. The van der Waals surface area contributed by atoms with Crippen LogP contribution in [0.3, 0.4) is 0 Å². The minimum absolute atomic E-state index is 0.0221. The number of Topliss-reactive ketones (excluding diaryl/α,β-unsaturated/α-hetero) is 1. The van der Waals surface area contributed by atoms with Crippen molar-refractivity contribution in [3.05, 3.63) is 59.8 Å². The number of unbranched alkanes of at least 4 members (excludes halogenated alkanes) is 2.